The summed E-state index contributed by atoms with van der Waals surface area (Å²) in [6.07, 6.45) is 2.74. The molecule has 35 heavy (non-hydrogen) atoms. The van der Waals surface area contributed by atoms with E-state index in [-0.39, 0.29) is 37.1 Å². The number of benzene rings is 2. The van der Waals surface area contributed by atoms with E-state index in [9.17, 15) is 14.7 Å². The Balaban J connectivity index is 1.22. The Labute approximate surface area is 215 Å². The maximum Gasteiger partial charge on any atom is 0.258 e. The molecule has 9 heteroatoms. The van der Waals surface area contributed by atoms with Gasteiger partial charge in [-0.15, -0.1) is 0 Å². The summed E-state index contributed by atoms with van der Waals surface area (Å²) in [5.74, 6) is 1.34. The predicted molar refractivity (Wildman–Crippen MR) is 134 cm³/mol. The van der Waals surface area contributed by atoms with Crippen LogP contribution in [-0.4, -0.2) is 42.2 Å². The lowest BCUT2D eigenvalue weighted by molar-refractivity contribution is -0.125. The van der Waals surface area contributed by atoms with Crippen LogP contribution < -0.4 is 20.1 Å². The molecule has 0 aliphatic heterocycles. The average molecular weight is 521 g/mol. The van der Waals surface area contributed by atoms with Gasteiger partial charge >= 0.3 is 0 Å². The molecule has 7 nitrogen and oxygen atoms in total. The van der Waals surface area contributed by atoms with Gasteiger partial charge in [-0.25, -0.2) is 0 Å². The molecule has 0 saturated heterocycles. The SMILES string of the molecule is CC(C)(O)c1ccc(OCC(=O)NC2C[C@H](NC(=O)COc3ccc(Cl)c(Cl)c3)C3CCC23)cc1. The number of carbonyl (C=O) groups is 2. The van der Waals surface area contributed by atoms with Crippen LogP contribution in [0.5, 0.6) is 11.5 Å². The smallest absolute Gasteiger partial charge is 0.258 e. The van der Waals surface area contributed by atoms with Crippen molar-refractivity contribution >= 4 is 35.0 Å². The summed E-state index contributed by atoms with van der Waals surface area (Å²) in [6, 6.07) is 11.9. The molecular formula is C26H30Cl2N2O5. The van der Waals surface area contributed by atoms with E-state index in [0.717, 1.165) is 18.4 Å². The standard InChI is InChI=1S/C26H30Cl2N2O5/c1-26(2,33)15-3-5-16(6-4-15)34-13-24(31)29-22-12-23(19-9-8-18(19)22)30-25(32)14-35-17-7-10-20(27)21(28)11-17/h3-7,10-11,18-19,22-23,33H,8-9,12-14H2,1-2H3,(H,29,31)(H,30,32)/t18?,19?,22?,23-/m0/s1. The van der Waals surface area contributed by atoms with Crippen LogP contribution in [0.3, 0.4) is 0 Å². The second-order valence-electron chi connectivity index (χ2n) is 9.73. The minimum Gasteiger partial charge on any atom is -0.484 e. The van der Waals surface area contributed by atoms with Crippen LogP contribution in [0.15, 0.2) is 42.5 Å². The molecule has 0 bridgehead atoms. The van der Waals surface area contributed by atoms with Crippen molar-refractivity contribution in [2.45, 2.75) is 50.8 Å². The van der Waals surface area contributed by atoms with E-state index < -0.39 is 5.60 Å². The molecule has 4 atom stereocenters. The van der Waals surface area contributed by atoms with Crippen LogP contribution >= 0.6 is 23.2 Å². The van der Waals surface area contributed by atoms with Crippen LogP contribution in [0.4, 0.5) is 0 Å². The minimum absolute atomic E-state index is 0.000690. The Morgan fingerprint density at radius 2 is 1.40 bits per heavy atom. The molecule has 4 rings (SSSR count). The van der Waals surface area contributed by atoms with Crippen LogP contribution in [0, 0.1) is 11.8 Å². The van der Waals surface area contributed by atoms with Crippen LogP contribution in [-0.2, 0) is 15.2 Å². The highest BCUT2D eigenvalue weighted by molar-refractivity contribution is 6.42. The Kier molecular flexibility index (Phi) is 7.79. The monoisotopic (exact) mass is 520 g/mol. The molecular weight excluding hydrogens is 491 g/mol. The number of halogens is 2. The summed E-state index contributed by atoms with van der Waals surface area (Å²) in [6.45, 7) is 3.21. The quantitative estimate of drug-likeness (QED) is 0.462. The molecule has 0 spiro atoms. The van der Waals surface area contributed by atoms with Crippen molar-refractivity contribution in [1.82, 2.24) is 10.6 Å². The zero-order valence-corrected chi connectivity index (χ0v) is 21.2. The first-order valence-electron chi connectivity index (χ1n) is 11.7. The topological polar surface area (TPSA) is 96.9 Å². The van der Waals surface area contributed by atoms with E-state index in [0.29, 0.717) is 39.8 Å². The normalized spacial score (nSPS) is 23.1. The van der Waals surface area contributed by atoms with Crippen molar-refractivity contribution in [3.8, 4) is 11.5 Å². The first-order chi connectivity index (χ1) is 16.6. The summed E-state index contributed by atoms with van der Waals surface area (Å²) >= 11 is 11.9. The van der Waals surface area contributed by atoms with Gasteiger partial charge in [-0.2, -0.15) is 0 Å². The maximum absolute atomic E-state index is 12.5. The van der Waals surface area contributed by atoms with Gasteiger partial charge in [0, 0.05) is 18.2 Å². The maximum atomic E-state index is 12.5. The third-order valence-electron chi connectivity index (χ3n) is 6.81. The first-order valence-corrected chi connectivity index (χ1v) is 12.5. The summed E-state index contributed by atoms with van der Waals surface area (Å²) in [4.78, 5) is 25.0. The molecule has 3 unspecified atom stereocenters. The number of carbonyl (C=O) groups excluding carboxylic acids is 2. The average Bonchev–Trinajstić information content (AvgIpc) is 2.99. The number of fused-ring (bicyclic) bond motifs is 1. The van der Waals surface area contributed by atoms with Crippen LogP contribution in [0.25, 0.3) is 0 Å². The molecule has 2 aliphatic rings. The fraction of sp³-hybridized carbons (Fsp3) is 0.462. The zero-order chi connectivity index (χ0) is 25.2. The highest BCUT2D eigenvalue weighted by Crippen LogP contribution is 2.47. The second-order valence-corrected chi connectivity index (χ2v) is 10.5. The van der Waals surface area contributed by atoms with E-state index >= 15 is 0 Å². The summed E-state index contributed by atoms with van der Waals surface area (Å²) in [7, 11) is 0. The molecule has 188 valence electrons. The van der Waals surface area contributed by atoms with Crippen molar-refractivity contribution in [2.24, 2.45) is 11.8 Å². The number of amides is 2. The summed E-state index contributed by atoms with van der Waals surface area (Å²) < 4.78 is 11.1. The number of rotatable bonds is 9. The van der Waals surface area contributed by atoms with Crippen molar-refractivity contribution < 1.29 is 24.2 Å². The van der Waals surface area contributed by atoms with Gasteiger partial charge in [0.1, 0.15) is 11.5 Å². The molecule has 2 fully saturated rings. The molecule has 2 amide bonds. The molecule has 2 aromatic carbocycles. The predicted octanol–water partition coefficient (Wildman–Crippen LogP) is 4.08. The third kappa shape index (κ3) is 6.40. The van der Waals surface area contributed by atoms with E-state index in [2.05, 4.69) is 10.6 Å². The summed E-state index contributed by atoms with van der Waals surface area (Å²) in [5.41, 5.74) is -0.161. The van der Waals surface area contributed by atoms with E-state index in [4.69, 9.17) is 32.7 Å². The number of ether oxygens (including phenoxy) is 2. The molecule has 3 N–H and O–H groups in total. The van der Waals surface area contributed by atoms with Gasteiger partial charge in [0.05, 0.1) is 15.6 Å². The lowest BCUT2D eigenvalue weighted by atomic mass is 9.73. The lowest BCUT2D eigenvalue weighted by Crippen LogP contribution is -2.44. The van der Waals surface area contributed by atoms with Crippen LogP contribution in [0.2, 0.25) is 10.0 Å². The van der Waals surface area contributed by atoms with Gasteiger partial charge in [0.15, 0.2) is 13.2 Å². The van der Waals surface area contributed by atoms with E-state index in [1.807, 2.05) is 0 Å². The zero-order valence-electron chi connectivity index (χ0n) is 19.7. The van der Waals surface area contributed by atoms with Gasteiger partial charge in [-0.3, -0.25) is 9.59 Å². The van der Waals surface area contributed by atoms with Crippen molar-refractivity contribution in [2.75, 3.05) is 13.2 Å². The van der Waals surface area contributed by atoms with Gasteiger partial charge in [0.25, 0.3) is 11.8 Å². The Morgan fingerprint density at radius 1 is 0.886 bits per heavy atom. The molecule has 2 aliphatic carbocycles. The lowest BCUT2D eigenvalue weighted by Gasteiger charge is -2.36. The van der Waals surface area contributed by atoms with Crippen LogP contribution in [0.1, 0.15) is 38.7 Å². The highest BCUT2D eigenvalue weighted by atomic mass is 35.5. The fourth-order valence-corrected chi connectivity index (χ4v) is 5.11. The van der Waals surface area contributed by atoms with Gasteiger partial charge in [-0.1, -0.05) is 35.3 Å². The Bertz CT molecular complexity index is 1070. The third-order valence-corrected chi connectivity index (χ3v) is 7.55. The summed E-state index contributed by atoms with van der Waals surface area (Å²) in [5, 5.41) is 17.0. The number of nitrogens with one attached hydrogen (secondary N) is 2. The van der Waals surface area contributed by atoms with Crippen molar-refractivity contribution in [1.29, 1.82) is 0 Å². The molecule has 0 radical (unpaired) electrons. The van der Waals surface area contributed by atoms with Gasteiger partial charge in [-0.05, 0) is 74.8 Å². The Hall–Kier alpha value is -2.48. The Morgan fingerprint density at radius 3 is 1.89 bits per heavy atom. The number of hydrogen-bond donors (Lipinski definition) is 3. The van der Waals surface area contributed by atoms with E-state index in [1.165, 1.54) is 0 Å². The van der Waals surface area contributed by atoms with Gasteiger partial charge < -0.3 is 25.2 Å². The fourth-order valence-electron chi connectivity index (χ4n) is 4.83. The molecule has 2 saturated carbocycles. The minimum atomic E-state index is -0.931. The van der Waals surface area contributed by atoms with E-state index in [1.54, 1.807) is 56.3 Å². The number of hydrogen-bond acceptors (Lipinski definition) is 5. The van der Waals surface area contributed by atoms with Crippen molar-refractivity contribution in [3.63, 3.8) is 0 Å². The second kappa shape index (κ2) is 10.6. The number of aliphatic hydroxyl groups is 1. The first kappa shape index (κ1) is 25.6. The molecule has 2 aromatic rings. The van der Waals surface area contributed by atoms with Crippen molar-refractivity contribution in [3.05, 3.63) is 58.1 Å². The molecule has 0 aromatic heterocycles. The van der Waals surface area contributed by atoms with Gasteiger partial charge in [0.2, 0.25) is 0 Å². The highest BCUT2D eigenvalue weighted by Gasteiger charge is 2.49. The molecule has 0 heterocycles. The largest absolute Gasteiger partial charge is 0.484 e.